The minimum atomic E-state index is -0.735. The van der Waals surface area contributed by atoms with Crippen molar-refractivity contribution in [1.82, 2.24) is 5.32 Å². The number of carbonyl (C=O) groups is 1. The number of halogens is 1. The van der Waals surface area contributed by atoms with Gasteiger partial charge in [0.05, 0.1) is 17.7 Å². The van der Waals surface area contributed by atoms with E-state index in [1.165, 1.54) is 6.07 Å². The molecule has 1 aliphatic heterocycles. The number of rotatable bonds is 3. The molecule has 20 heavy (non-hydrogen) atoms. The Hall–Kier alpha value is -1.62. The summed E-state index contributed by atoms with van der Waals surface area (Å²) >= 11 is 0. The third-order valence-electron chi connectivity index (χ3n) is 3.82. The molecule has 1 heterocycles. The van der Waals surface area contributed by atoms with Gasteiger partial charge in [-0.1, -0.05) is 12.1 Å². The van der Waals surface area contributed by atoms with Crippen LogP contribution in [-0.4, -0.2) is 31.2 Å². The predicted molar refractivity (Wildman–Crippen MR) is 76.0 cm³/mol. The molecule has 1 aromatic rings. The Morgan fingerprint density at radius 2 is 2.30 bits per heavy atom. The molecule has 2 N–H and O–H groups in total. The van der Waals surface area contributed by atoms with Gasteiger partial charge in [-0.15, -0.1) is 0 Å². The monoisotopic (exact) mass is 280 g/mol. The molecule has 2 atom stereocenters. The lowest BCUT2D eigenvalue weighted by molar-refractivity contribution is -0.124. The van der Waals surface area contributed by atoms with Crippen molar-refractivity contribution in [2.24, 2.45) is 5.92 Å². The van der Waals surface area contributed by atoms with Crippen LogP contribution in [0.5, 0.6) is 0 Å². The lowest BCUT2D eigenvalue weighted by Gasteiger charge is -2.35. The van der Waals surface area contributed by atoms with E-state index in [1.807, 2.05) is 4.90 Å². The minimum Gasteiger partial charge on any atom is -0.389 e. The van der Waals surface area contributed by atoms with E-state index < -0.39 is 6.10 Å². The molecule has 1 unspecified atom stereocenters. The molecule has 0 saturated carbocycles. The zero-order valence-corrected chi connectivity index (χ0v) is 11.9. The molecule has 1 aliphatic rings. The van der Waals surface area contributed by atoms with Gasteiger partial charge in [0.15, 0.2) is 0 Å². The second-order valence-corrected chi connectivity index (χ2v) is 5.25. The summed E-state index contributed by atoms with van der Waals surface area (Å²) in [5.74, 6) is -0.485. The second kappa shape index (κ2) is 6.22. The normalized spacial score (nSPS) is 20.6. The fourth-order valence-electron chi connectivity index (χ4n) is 2.80. The number of amides is 1. The molecule has 0 bridgehead atoms. The van der Waals surface area contributed by atoms with Crippen LogP contribution in [0, 0.1) is 11.7 Å². The molecule has 0 spiro atoms. The molecule has 1 fully saturated rings. The highest BCUT2D eigenvalue weighted by molar-refractivity contribution is 5.79. The van der Waals surface area contributed by atoms with Crippen molar-refractivity contribution in [2.75, 3.05) is 25.0 Å². The van der Waals surface area contributed by atoms with Crippen molar-refractivity contribution in [2.45, 2.75) is 25.9 Å². The molecule has 1 amide bonds. The fourth-order valence-corrected chi connectivity index (χ4v) is 2.80. The highest BCUT2D eigenvalue weighted by atomic mass is 19.1. The Balaban J connectivity index is 2.29. The summed E-state index contributed by atoms with van der Waals surface area (Å²) in [7, 11) is 1.62. The second-order valence-electron chi connectivity index (χ2n) is 5.25. The van der Waals surface area contributed by atoms with Gasteiger partial charge in [-0.2, -0.15) is 0 Å². The van der Waals surface area contributed by atoms with Crippen LogP contribution in [0.2, 0.25) is 0 Å². The lowest BCUT2D eigenvalue weighted by Crippen LogP contribution is -2.42. The maximum Gasteiger partial charge on any atom is 0.224 e. The zero-order chi connectivity index (χ0) is 14.7. The SMILES string of the molecule is CNC(=O)C1CCCN(c2c(F)cccc2[C@@H](C)O)C1. The number of nitrogens with one attached hydrogen (secondary N) is 1. The number of benzene rings is 1. The highest BCUT2D eigenvalue weighted by Crippen LogP contribution is 2.32. The van der Waals surface area contributed by atoms with Gasteiger partial charge in [-0.05, 0) is 25.8 Å². The standard InChI is InChI=1S/C15H21FN2O2/c1-10(19)12-6-3-7-13(16)14(12)18-8-4-5-11(9-18)15(20)17-2/h3,6-7,10-11,19H,4-5,8-9H2,1-2H3,(H,17,20)/t10-,11?/m1/s1. The molecule has 1 aromatic carbocycles. The molecule has 2 rings (SSSR count). The first-order valence-corrected chi connectivity index (χ1v) is 6.97. The summed E-state index contributed by atoms with van der Waals surface area (Å²) in [6.45, 7) is 2.81. The molecule has 0 radical (unpaired) electrons. The Kier molecular flexibility index (Phi) is 4.60. The zero-order valence-electron chi connectivity index (χ0n) is 11.9. The van der Waals surface area contributed by atoms with Gasteiger partial charge in [-0.3, -0.25) is 4.79 Å². The van der Waals surface area contributed by atoms with Gasteiger partial charge in [0.2, 0.25) is 5.91 Å². The van der Waals surface area contributed by atoms with Gasteiger partial charge < -0.3 is 15.3 Å². The van der Waals surface area contributed by atoms with Gasteiger partial charge in [0.25, 0.3) is 0 Å². The van der Waals surface area contributed by atoms with E-state index in [9.17, 15) is 14.3 Å². The average molecular weight is 280 g/mol. The van der Waals surface area contributed by atoms with Gasteiger partial charge in [0.1, 0.15) is 5.82 Å². The molecule has 4 nitrogen and oxygen atoms in total. The molecular weight excluding hydrogens is 259 g/mol. The van der Waals surface area contributed by atoms with E-state index >= 15 is 0 Å². The van der Waals surface area contributed by atoms with E-state index in [-0.39, 0.29) is 17.6 Å². The van der Waals surface area contributed by atoms with Crippen molar-refractivity contribution in [3.8, 4) is 0 Å². The predicted octanol–water partition coefficient (Wildman–Crippen LogP) is 1.84. The van der Waals surface area contributed by atoms with Crippen LogP contribution in [0.15, 0.2) is 18.2 Å². The quantitative estimate of drug-likeness (QED) is 0.888. The number of piperidine rings is 1. The van der Waals surface area contributed by atoms with Crippen LogP contribution >= 0.6 is 0 Å². The summed E-state index contributed by atoms with van der Waals surface area (Å²) in [5.41, 5.74) is 0.999. The van der Waals surface area contributed by atoms with E-state index in [0.717, 1.165) is 12.8 Å². The molecule has 1 saturated heterocycles. The number of nitrogens with zero attached hydrogens (tertiary/aromatic N) is 1. The number of para-hydroxylation sites is 1. The molecule has 110 valence electrons. The van der Waals surface area contributed by atoms with Crippen LogP contribution in [0.3, 0.4) is 0 Å². The van der Waals surface area contributed by atoms with Crippen LogP contribution < -0.4 is 10.2 Å². The third kappa shape index (κ3) is 2.93. The van der Waals surface area contributed by atoms with E-state index in [4.69, 9.17) is 0 Å². The maximum atomic E-state index is 14.2. The minimum absolute atomic E-state index is 0.00960. The Morgan fingerprint density at radius 3 is 2.95 bits per heavy atom. The van der Waals surface area contributed by atoms with E-state index in [1.54, 1.807) is 26.1 Å². The number of hydrogen-bond acceptors (Lipinski definition) is 3. The van der Waals surface area contributed by atoms with E-state index in [0.29, 0.717) is 24.3 Å². The van der Waals surface area contributed by atoms with Crippen LogP contribution in [0.25, 0.3) is 0 Å². The first kappa shape index (κ1) is 14.8. The Morgan fingerprint density at radius 1 is 1.55 bits per heavy atom. The largest absolute Gasteiger partial charge is 0.389 e. The first-order chi connectivity index (χ1) is 9.54. The Labute approximate surface area is 118 Å². The van der Waals surface area contributed by atoms with Crippen molar-refractivity contribution >= 4 is 11.6 Å². The summed E-state index contributed by atoms with van der Waals surface area (Å²) in [4.78, 5) is 13.6. The molecule has 5 heteroatoms. The van der Waals surface area contributed by atoms with Crippen molar-refractivity contribution in [3.05, 3.63) is 29.6 Å². The third-order valence-corrected chi connectivity index (χ3v) is 3.82. The van der Waals surface area contributed by atoms with E-state index in [2.05, 4.69) is 5.32 Å². The number of carbonyl (C=O) groups excluding carboxylic acids is 1. The first-order valence-electron chi connectivity index (χ1n) is 6.97. The number of hydrogen-bond donors (Lipinski definition) is 2. The number of anilines is 1. The van der Waals surface area contributed by atoms with Crippen molar-refractivity contribution in [3.63, 3.8) is 0 Å². The average Bonchev–Trinajstić information content (AvgIpc) is 2.46. The van der Waals surface area contributed by atoms with Crippen LogP contribution in [0.1, 0.15) is 31.4 Å². The van der Waals surface area contributed by atoms with Gasteiger partial charge >= 0.3 is 0 Å². The van der Waals surface area contributed by atoms with Crippen LogP contribution in [-0.2, 0) is 4.79 Å². The topological polar surface area (TPSA) is 52.6 Å². The van der Waals surface area contributed by atoms with Gasteiger partial charge in [0, 0.05) is 25.7 Å². The summed E-state index contributed by atoms with van der Waals surface area (Å²) < 4.78 is 14.2. The molecular formula is C15H21FN2O2. The summed E-state index contributed by atoms with van der Waals surface area (Å²) in [6.07, 6.45) is 0.918. The number of aliphatic hydroxyl groups is 1. The van der Waals surface area contributed by atoms with Crippen molar-refractivity contribution in [1.29, 1.82) is 0 Å². The smallest absolute Gasteiger partial charge is 0.224 e. The van der Waals surface area contributed by atoms with Crippen LogP contribution in [0.4, 0.5) is 10.1 Å². The summed E-state index contributed by atoms with van der Waals surface area (Å²) in [6, 6.07) is 4.72. The maximum absolute atomic E-state index is 14.2. The highest BCUT2D eigenvalue weighted by Gasteiger charge is 2.28. The number of aliphatic hydroxyl groups excluding tert-OH is 1. The molecule has 0 aliphatic carbocycles. The fraction of sp³-hybridized carbons (Fsp3) is 0.533. The molecule has 0 aromatic heterocycles. The summed E-state index contributed by atoms with van der Waals surface area (Å²) in [5, 5.41) is 12.5. The Bertz CT molecular complexity index is 491. The lowest BCUT2D eigenvalue weighted by atomic mass is 9.95. The van der Waals surface area contributed by atoms with Gasteiger partial charge in [-0.25, -0.2) is 4.39 Å². The van der Waals surface area contributed by atoms with Crippen molar-refractivity contribution < 1.29 is 14.3 Å².